The molecular formula is C16H23ClN4O. The van der Waals surface area contributed by atoms with Gasteiger partial charge in [0.15, 0.2) is 0 Å². The maximum absolute atomic E-state index is 11.0. The molecule has 2 aromatic rings. The van der Waals surface area contributed by atoms with Crippen LogP contribution < -0.4 is 27.6 Å². The first kappa shape index (κ1) is 18.2. The van der Waals surface area contributed by atoms with Crippen molar-refractivity contribution in [2.75, 3.05) is 11.9 Å². The van der Waals surface area contributed by atoms with Gasteiger partial charge in [-0.25, -0.2) is 9.13 Å². The number of anilines is 1. The number of benzene rings is 1. The van der Waals surface area contributed by atoms with E-state index in [2.05, 4.69) is 34.6 Å². The molecular weight excluding hydrogens is 300 g/mol. The van der Waals surface area contributed by atoms with Gasteiger partial charge >= 0.3 is 0 Å². The normalized spacial score (nSPS) is 11.6. The van der Waals surface area contributed by atoms with Crippen LogP contribution in [0.4, 0.5) is 5.69 Å². The van der Waals surface area contributed by atoms with Gasteiger partial charge in [0.1, 0.15) is 18.9 Å². The van der Waals surface area contributed by atoms with Gasteiger partial charge in [0.25, 0.3) is 0 Å². The zero-order chi connectivity index (χ0) is 15.2. The van der Waals surface area contributed by atoms with E-state index in [1.807, 2.05) is 42.1 Å². The number of carbonyl (C=O) groups excluding carboxylic acids is 1. The number of hydrogen-bond acceptors (Lipinski definition) is 2. The highest BCUT2D eigenvalue weighted by Gasteiger charge is 2.06. The summed E-state index contributed by atoms with van der Waals surface area (Å²) in [5.74, 6) is -0.0474. The molecule has 2 rings (SSSR count). The first-order valence-electron chi connectivity index (χ1n) is 7.16. The van der Waals surface area contributed by atoms with Crippen molar-refractivity contribution in [3.8, 4) is 0 Å². The summed E-state index contributed by atoms with van der Waals surface area (Å²) in [6, 6.07) is 8.22. The second-order valence-corrected chi connectivity index (χ2v) is 5.30. The van der Waals surface area contributed by atoms with Crippen LogP contribution in [-0.2, 0) is 18.4 Å². The van der Waals surface area contributed by atoms with E-state index in [1.54, 1.807) is 0 Å². The van der Waals surface area contributed by atoms with E-state index < -0.39 is 0 Å². The van der Waals surface area contributed by atoms with Crippen LogP contribution in [0.2, 0.25) is 0 Å². The summed E-state index contributed by atoms with van der Waals surface area (Å²) in [4.78, 5) is 11.0. The molecule has 0 saturated heterocycles. The standard InChI is InChI=1S/C16H22N4O.ClH/c1-13(17-8-9-20-11-10-19(3)12-20)15-4-6-16(7-5-15)18-14(2)21;/h4-7,10-13,17H,8-9H2,1-3H3;1H. The number of rotatable bonds is 6. The quantitative estimate of drug-likeness (QED) is 0.645. The first-order valence-corrected chi connectivity index (χ1v) is 7.16. The Labute approximate surface area is 137 Å². The predicted octanol–water partition coefficient (Wildman–Crippen LogP) is -1.37. The number of imidazole rings is 1. The van der Waals surface area contributed by atoms with E-state index in [9.17, 15) is 4.79 Å². The molecule has 6 heteroatoms. The Morgan fingerprint density at radius 2 is 2.00 bits per heavy atom. The summed E-state index contributed by atoms with van der Waals surface area (Å²) in [7, 11) is 2.02. The van der Waals surface area contributed by atoms with Crippen molar-refractivity contribution in [3.63, 3.8) is 0 Å². The van der Waals surface area contributed by atoms with Crippen LogP contribution >= 0.6 is 0 Å². The topological polar surface area (TPSA) is 49.9 Å². The molecule has 1 amide bonds. The van der Waals surface area contributed by atoms with Crippen molar-refractivity contribution in [2.45, 2.75) is 26.4 Å². The lowest BCUT2D eigenvalue weighted by molar-refractivity contribution is -0.671. The van der Waals surface area contributed by atoms with E-state index in [4.69, 9.17) is 0 Å². The fourth-order valence-electron chi connectivity index (χ4n) is 2.22. The van der Waals surface area contributed by atoms with Gasteiger partial charge in [-0.3, -0.25) is 4.79 Å². The average Bonchev–Trinajstić information content (AvgIpc) is 2.84. The molecule has 5 nitrogen and oxygen atoms in total. The molecule has 120 valence electrons. The monoisotopic (exact) mass is 322 g/mol. The lowest BCUT2D eigenvalue weighted by Gasteiger charge is -2.14. The molecule has 0 aliphatic heterocycles. The van der Waals surface area contributed by atoms with Gasteiger partial charge in [-0.15, -0.1) is 0 Å². The van der Waals surface area contributed by atoms with Gasteiger partial charge in [-0.1, -0.05) is 12.1 Å². The summed E-state index contributed by atoms with van der Waals surface area (Å²) in [6.45, 7) is 5.50. The van der Waals surface area contributed by atoms with Gasteiger partial charge in [0, 0.05) is 25.2 Å². The number of aromatic nitrogens is 2. The Balaban J connectivity index is 0.00000242. The second-order valence-electron chi connectivity index (χ2n) is 5.30. The smallest absolute Gasteiger partial charge is 0.243 e. The Morgan fingerprint density at radius 3 is 2.55 bits per heavy atom. The molecule has 22 heavy (non-hydrogen) atoms. The zero-order valence-corrected chi connectivity index (χ0v) is 14.0. The third-order valence-corrected chi connectivity index (χ3v) is 3.38. The number of hydrogen-bond donors (Lipinski definition) is 2. The van der Waals surface area contributed by atoms with E-state index in [0.29, 0.717) is 0 Å². The van der Waals surface area contributed by atoms with Crippen LogP contribution in [0, 0.1) is 0 Å². The summed E-state index contributed by atoms with van der Waals surface area (Å²) >= 11 is 0. The molecule has 1 aromatic carbocycles. The minimum atomic E-state index is -0.0474. The molecule has 0 saturated carbocycles. The fourth-order valence-corrected chi connectivity index (χ4v) is 2.22. The molecule has 2 N–H and O–H groups in total. The first-order chi connectivity index (χ1) is 10.0. The van der Waals surface area contributed by atoms with Gasteiger partial charge in [-0.05, 0) is 24.6 Å². The largest absolute Gasteiger partial charge is 1.00 e. The molecule has 1 atom stereocenters. The highest BCUT2D eigenvalue weighted by atomic mass is 35.5. The summed E-state index contributed by atoms with van der Waals surface area (Å²) in [6.07, 6.45) is 6.16. The van der Waals surface area contributed by atoms with Gasteiger partial charge in [0.05, 0.1) is 7.05 Å². The second kappa shape index (κ2) is 8.56. The third-order valence-electron chi connectivity index (χ3n) is 3.38. The van der Waals surface area contributed by atoms with Crippen molar-refractivity contribution >= 4 is 11.6 Å². The van der Waals surface area contributed by atoms with Crippen molar-refractivity contribution in [1.82, 2.24) is 9.88 Å². The number of nitrogens with zero attached hydrogens (tertiary/aromatic N) is 2. The summed E-state index contributed by atoms with van der Waals surface area (Å²) < 4.78 is 4.18. The van der Waals surface area contributed by atoms with Crippen LogP contribution in [0.25, 0.3) is 0 Å². The third kappa shape index (κ3) is 5.50. The Hall–Kier alpha value is -1.85. The molecule has 0 aliphatic rings. The van der Waals surface area contributed by atoms with Crippen LogP contribution in [-0.4, -0.2) is 17.0 Å². The minimum Gasteiger partial charge on any atom is -1.00 e. The highest BCUT2D eigenvalue weighted by Crippen LogP contribution is 2.15. The van der Waals surface area contributed by atoms with Crippen molar-refractivity contribution < 1.29 is 21.8 Å². The Bertz CT molecular complexity index is 594. The SMILES string of the molecule is CC(=O)Nc1ccc(C(C)NCCn2cc[n+](C)c2)cc1.[Cl-]. The number of aryl methyl sites for hydroxylation is 1. The molecule has 0 radical (unpaired) electrons. The van der Waals surface area contributed by atoms with Gasteiger partial charge < -0.3 is 23.0 Å². The van der Waals surface area contributed by atoms with E-state index in [1.165, 1.54) is 12.5 Å². The van der Waals surface area contributed by atoms with Crippen LogP contribution in [0.1, 0.15) is 25.5 Å². The average molecular weight is 323 g/mol. The van der Waals surface area contributed by atoms with E-state index in [0.717, 1.165) is 18.8 Å². The number of carbonyl (C=O) groups is 1. The lowest BCUT2D eigenvalue weighted by Crippen LogP contribution is -3.00. The summed E-state index contributed by atoms with van der Waals surface area (Å²) in [5.41, 5.74) is 2.04. The number of nitrogens with one attached hydrogen (secondary N) is 2. The maximum atomic E-state index is 11.0. The van der Waals surface area contributed by atoms with Crippen LogP contribution in [0.3, 0.4) is 0 Å². The minimum absolute atomic E-state index is 0. The van der Waals surface area contributed by atoms with Gasteiger partial charge in [-0.2, -0.15) is 0 Å². The van der Waals surface area contributed by atoms with Crippen molar-refractivity contribution in [1.29, 1.82) is 0 Å². The van der Waals surface area contributed by atoms with Crippen LogP contribution in [0.15, 0.2) is 43.0 Å². The predicted molar refractivity (Wildman–Crippen MR) is 82.8 cm³/mol. The van der Waals surface area contributed by atoms with E-state index in [-0.39, 0.29) is 24.4 Å². The molecule has 0 aliphatic carbocycles. The Kier molecular flexibility index (Phi) is 7.08. The molecule has 0 bridgehead atoms. The fraction of sp³-hybridized carbons (Fsp3) is 0.375. The van der Waals surface area contributed by atoms with Gasteiger partial charge in [0.2, 0.25) is 12.2 Å². The molecule has 1 heterocycles. The number of amides is 1. The molecule has 1 unspecified atom stereocenters. The molecule has 0 fully saturated rings. The Morgan fingerprint density at radius 1 is 1.32 bits per heavy atom. The highest BCUT2D eigenvalue weighted by molar-refractivity contribution is 5.88. The lowest BCUT2D eigenvalue weighted by atomic mass is 10.1. The van der Waals surface area contributed by atoms with E-state index >= 15 is 0 Å². The van der Waals surface area contributed by atoms with Crippen molar-refractivity contribution in [3.05, 3.63) is 48.5 Å². The molecule has 1 aromatic heterocycles. The van der Waals surface area contributed by atoms with Crippen molar-refractivity contribution in [2.24, 2.45) is 7.05 Å². The zero-order valence-electron chi connectivity index (χ0n) is 13.2. The maximum Gasteiger partial charge on any atom is 0.243 e. The van der Waals surface area contributed by atoms with Crippen LogP contribution in [0.5, 0.6) is 0 Å². The molecule has 0 spiro atoms. The number of halogens is 1. The summed E-state index contributed by atoms with van der Waals surface area (Å²) in [5, 5.41) is 6.27.